The van der Waals surface area contributed by atoms with Gasteiger partial charge in [0.25, 0.3) is 5.91 Å². The van der Waals surface area contributed by atoms with Crippen LogP contribution in [-0.4, -0.2) is 22.8 Å². The number of nitrogens with zero attached hydrogens (tertiary/aromatic N) is 1. The molecule has 2 N–H and O–H groups in total. The number of carbonyl (C=O) groups excluding carboxylic acids is 2. The van der Waals surface area contributed by atoms with Crippen molar-refractivity contribution in [2.75, 3.05) is 0 Å². The van der Waals surface area contributed by atoms with Gasteiger partial charge in [0.1, 0.15) is 11.8 Å². The molecule has 0 saturated heterocycles. The van der Waals surface area contributed by atoms with Gasteiger partial charge in [-0.2, -0.15) is 0 Å². The van der Waals surface area contributed by atoms with Crippen molar-refractivity contribution in [2.45, 2.75) is 40.3 Å². The summed E-state index contributed by atoms with van der Waals surface area (Å²) in [4.78, 5) is 29.2. The van der Waals surface area contributed by atoms with Crippen molar-refractivity contribution in [1.82, 2.24) is 15.6 Å². The molecular weight excluding hydrogens is 394 g/mol. The molecule has 0 spiro atoms. The summed E-state index contributed by atoms with van der Waals surface area (Å²) in [7, 11) is 0. The predicted molar refractivity (Wildman–Crippen MR) is 117 cm³/mol. The first kappa shape index (κ1) is 22.1. The minimum Gasteiger partial charge on any atom is -0.459 e. The molecule has 2 amide bonds. The second-order valence-electron chi connectivity index (χ2n) is 7.77. The van der Waals surface area contributed by atoms with E-state index in [2.05, 4.69) is 15.6 Å². The van der Waals surface area contributed by atoms with Crippen LogP contribution in [0.4, 0.5) is 0 Å². The van der Waals surface area contributed by atoms with Crippen LogP contribution in [0, 0.1) is 19.8 Å². The number of pyridine rings is 1. The molecule has 0 fully saturated rings. The highest BCUT2D eigenvalue weighted by molar-refractivity contribution is 5.95. The molecule has 0 aliphatic heterocycles. The molecule has 0 aliphatic rings. The third-order valence-electron chi connectivity index (χ3n) is 4.80. The highest BCUT2D eigenvalue weighted by atomic mass is 16.5. The molecule has 7 heteroatoms. The lowest BCUT2D eigenvalue weighted by Crippen LogP contribution is -2.49. The van der Waals surface area contributed by atoms with E-state index in [0.717, 1.165) is 22.4 Å². The number of rotatable bonds is 8. The predicted octanol–water partition coefficient (Wildman–Crippen LogP) is 4.15. The Balaban J connectivity index is 1.57. The van der Waals surface area contributed by atoms with Crippen molar-refractivity contribution >= 4 is 11.8 Å². The fourth-order valence-corrected chi connectivity index (χ4v) is 2.96. The molecule has 1 aromatic carbocycles. The van der Waals surface area contributed by atoms with Gasteiger partial charge >= 0.3 is 0 Å². The van der Waals surface area contributed by atoms with Crippen LogP contribution in [0.5, 0.6) is 11.6 Å². The number of hydrogen-bond acceptors (Lipinski definition) is 5. The smallest absolute Gasteiger partial charge is 0.287 e. The molecule has 0 radical (unpaired) electrons. The van der Waals surface area contributed by atoms with Gasteiger partial charge in [-0.1, -0.05) is 32.0 Å². The number of amides is 2. The fraction of sp³-hybridized carbons (Fsp3) is 0.292. The summed E-state index contributed by atoms with van der Waals surface area (Å²) >= 11 is 0. The Hall–Kier alpha value is -3.61. The first-order valence-electron chi connectivity index (χ1n) is 10.2. The highest BCUT2D eigenvalue weighted by Gasteiger charge is 2.25. The van der Waals surface area contributed by atoms with Crippen LogP contribution < -0.4 is 15.4 Å². The number of hydrogen-bond donors (Lipinski definition) is 2. The van der Waals surface area contributed by atoms with Gasteiger partial charge in [-0.25, -0.2) is 4.98 Å². The number of aromatic nitrogens is 1. The van der Waals surface area contributed by atoms with E-state index in [1.165, 1.54) is 6.26 Å². The van der Waals surface area contributed by atoms with E-state index in [0.29, 0.717) is 5.88 Å². The average molecular weight is 421 g/mol. The molecule has 1 atom stereocenters. The third kappa shape index (κ3) is 5.94. The van der Waals surface area contributed by atoms with E-state index in [-0.39, 0.29) is 24.1 Å². The molecule has 0 unspecified atom stereocenters. The summed E-state index contributed by atoms with van der Waals surface area (Å²) in [6.45, 7) is 8.01. The van der Waals surface area contributed by atoms with Gasteiger partial charge < -0.3 is 19.8 Å². The average Bonchev–Trinajstić information content (AvgIpc) is 3.28. The van der Waals surface area contributed by atoms with E-state index >= 15 is 0 Å². The van der Waals surface area contributed by atoms with Gasteiger partial charge in [0.2, 0.25) is 11.8 Å². The summed E-state index contributed by atoms with van der Waals surface area (Å²) in [6.07, 6.45) is 3.08. The fourth-order valence-electron chi connectivity index (χ4n) is 2.96. The van der Waals surface area contributed by atoms with Gasteiger partial charge in [-0.05, 0) is 54.7 Å². The molecular formula is C24H27N3O4. The van der Waals surface area contributed by atoms with Crippen molar-refractivity contribution in [1.29, 1.82) is 0 Å². The van der Waals surface area contributed by atoms with Gasteiger partial charge in [-0.3, -0.25) is 9.59 Å². The molecule has 0 bridgehead atoms. The lowest BCUT2D eigenvalue weighted by atomic mass is 10.0. The van der Waals surface area contributed by atoms with Gasteiger partial charge in [0.05, 0.1) is 6.26 Å². The minimum atomic E-state index is -0.683. The zero-order valence-electron chi connectivity index (χ0n) is 18.1. The normalized spacial score (nSPS) is 11.8. The monoisotopic (exact) mass is 421 g/mol. The number of furan rings is 1. The quantitative estimate of drug-likeness (QED) is 0.570. The minimum absolute atomic E-state index is 0.0922. The van der Waals surface area contributed by atoms with E-state index in [1.54, 1.807) is 24.4 Å². The summed E-state index contributed by atoms with van der Waals surface area (Å²) < 4.78 is 11.0. The summed E-state index contributed by atoms with van der Waals surface area (Å²) in [6, 6.07) is 12.1. The van der Waals surface area contributed by atoms with Crippen LogP contribution in [-0.2, 0) is 11.3 Å². The number of aryl methyl sites for hydroxylation is 2. The van der Waals surface area contributed by atoms with Crippen LogP contribution in [0.3, 0.4) is 0 Å². The maximum atomic E-state index is 12.6. The van der Waals surface area contributed by atoms with Crippen molar-refractivity contribution in [3.63, 3.8) is 0 Å². The van der Waals surface area contributed by atoms with Crippen molar-refractivity contribution in [2.24, 2.45) is 5.92 Å². The zero-order valence-corrected chi connectivity index (χ0v) is 18.1. The SMILES string of the molecule is Cc1ccc(C)c(Oc2ccc(CNC(=O)[C@H](NC(=O)c3ccco3)C(C)C)cn2)c1. The van der Waals surface area contributed by atoms with E-state index in [9.17, 15) is 9.59 Å². The Morgan fingerprint density at radius 3 is 2.58 bits per heavy atom. The Morgan fingerprint density at radius 2 is 1.94 bits per heavy atom. The maximum absolute atomic E-state index is 12.6. The molecule has 0 saturated carbocycles. The first-order valence-corrected chi connectivity index (χ1v) is 10.2. The standard InChI is InChI=1S/C24H27N3O4/c1-15(2)22(27-23(28)19-6-5-11-30-19)24(29)26-14-18-9-10-21(25-13-18)31-20-12-16(3)7-8-17(20)4/h5-13,15,22H,14H2,1-4H3,(H,26,29)(H,27,28)/t22-/m1/s1. The van der Waals surface area contributed by atoms with Crippen LogP contribution in [0.15, 0.2) is 59.3 Å². The summed E-state index contributed by atoms with van der Waals surface area (Å²) in [5, 5.41) is 5.57. The topological polar surface area (TPSA) is 93.5 Å². The lowest BCUT2D eigenvalue weighted by Gasteiger charge is -2.21. The van der Waals surface area contributed by atoms with Gasteiger partial charge in [-0.15, -0.1) is 0 Å². The third-order valence-corrected chi connectivity index (χ3v) is 4.80. The van der Waals surface area contributed by atoms with Gasteiger partial charge in [0, 0.05) is 18.8 Å². The van der Waals surface area contributed by atoms with Crippen molar-refractivity contribution in [3.8, 4) is 11.6 Å². The Kier molecular flexibility index (Phi) is 7.07. The number of ether oxygens (including phenoxy) is 1. The number of nitrogens with one attached hydrogen (secondary N) is 2. The zero-order chi connectivity index (χ0) is 22.4. The van der Waals surface area contributed by atoms with Crippen LogP contribution in [0.1, 0.15) is 41.1 Å². The van der Waals surface area contributed by atoms with Crippen LogP contribution in [0.25, 0.3) is 0 Å². The first-order chi connectivity index (χ1) is 14.8. The molecule has 3 rings (SSSR count). The summed E-state index contributed by atoms with van der Waals surface area (Å²) in [5.41, 5.74) is 2.96. The molecule has 31 heavy (non-hydrogen) atoms. The van der Waals surface area contributed by atoms with Crippen molar-refractivity contribution in [3.05, 3.63) is 77.4 Å². The van der Waals surface area contributed by atoms with Crippen LogP contribution >= 0.6 is 0 Å². The maximum Gasteiger partial charge on any atom is 0.287 e. The molecule has 162 valence electrons. The Labute approximate surface area is 181 Å². The molecule has 2 aromatic heterocycles. The largest absolute Gasteiger partial charge is 0.459 e. The van der Waals surface area contributed by atoms with E-state index in [1.807, 2.05) is 52.0 Å². The Bertz CT molecular complexity index is 1030. The van der Waals surface area contributed by atoms with Crippen LogP contribution in [0.2, 0.25) is 0 Å². The molecule has 7 nitrogen and oxygen atoms in total. The molecule has 2 heterocycles. The highest BCUT2D eigenvalue weighted by Crippen LogP contribution is 2.24. The Morgan fingerprint density at radius 1 is 1.13 bits per heavy atom. The van der Waals surface area contributed by atoms with E-state index < -0.39 is 11.9 Å². The second-order valence-corrected chi connectivity index (χ2v) is 7.77. The number of carbonyl (C=O) groups is 2. The summed E-state index contributed by atoms with van der Waals surface area (Å²) in [5.74, 6) is 0.627. The van der Waals surface area contributed by atoms with E-state index in [4.69, 9.17) is 9.15 Å². The second kappa shape index (κ2) is 9.93. The molecule has 3 aromatic rings. The molecule has 0 aliphatic carbocycles. The number of benzene rings is 1. The van der Waals surface area contributed by atoms with Gasteiger partial charge in [0.15, 0.2) is 5.76 Å². The van der Waals surface area contributed by atoms with Crippen molar-refractivity contribution < 1.29 is 18.7 Å². The lowest BCUT2D eigenvalue weighted by molar-refractivity contribution is -0.124.